The van der Waals surface area contributed by atoms with Gasteiger partial charge in [-0.05, 0) is 36.6 Å². The van der Waals surface area contributed by atoms with Crippen LogP contribution >= 0.6 is 0 Å². The van der Waals surface area contributed by atoms with Crippen LogP contribution in [-0.4, -0.2) is 42.5 Å². The van der Waals surface area contributed by atoms with Crippen molar-refractivity contribution in [3.05, 3.63) is 47.9 Å². The Balaban J connectivity index is 1.52. The third kappa shape index (κ3) is 4.64. The van der Waals surface area contributed by atoms with Gasteiger partial charge in [-0.15, -0.1) is 0 Å². The average Bonchev–Trinajstić information content (AvgIpc) is 2.88. The second kappa shape index (κ2) is 7.12. The number of rotatable bonds is 6. The van der Waals surface area contributed by atoms with E-state index in [9.17, 15) is 12.8 Å². The molecule has 2 aromatic rings. The molecule has 1 atom stereocenters. The molecule has 8 heteroatoms. The Morgan fingerprint density at radius 2 is 2.00 bits per heavy atom. The maximum absolute atomic E-state index is 12.9. The Bertz CT molecular complexity index is 796. The van der Waals surface area contributed by atoms with E-state index in [0.717, 1.165) is 12.0 Å². The van der Waals surface area contributed by atoms with Gasteiger partial charge < -0.3 is 10.6 Å². The average molecular weight is 350 g/mol. The van der Waals surface area contributed by atoms with Crippen LogP contribution in [-0.2, 0) is 16.3 Å². The van der Waals surface area contributed by atoms with Crippen LogP contribution in [0.3, 0.4) is 0 Å². The molecule has 2 N–H and O–H groups in total. The van der Waals surface area contributed by atoms with E-state index in [-0.39, 0.29) is 23.4 Å². The Labute approximate surface area is 140 Å². The summed E-state index contributed by atoms with van der Waals surface area (Å²) in [4.78, 5) is 8.47. The van der Waals surface area contributed by atoms with Gasteiger partial charge in [0.2, 0.25) is 5.95 Å². The van der Waals surface area contributed by atoms with E-state index in [1.807, 2.05) is 0 Å². The van der Waals surface area contributed by atoms with Gasteiger partial charge in [0.25, 0.3) is 0 Å². The molecule has 0 amide bonds. The topological polar surface area (TPSA) is 84.0 Å². The molecule has 1 aliphatic rings. The summed E-state index contributed by atoms with van der Waals surface area (Å²) in [5.74, 6) is 1.17. The fraction of sp³-hybridized carbons (Fsp3) is 0.375. The van der Waals surface area contributed by atoms with Crippen molar-refractivity contribution in [2.45, 2.75) is 18.9 Å². The second-order valence-electron chi connectivity index (χ2n) is 5.81. The molecule has 1 aromatic heterocycles. The normalized spacial score (nSPS) is 19.1. The molecule has 2 heterocycles. The van der Waals surface area contributed by atoms with Crippen molar-refractivity contribution in [1.29, 1.82) is 0 Å². The number of hydrogen-bond acceptors (Lipinski definition) is 6. The highest BCUT2D eigenvalue weighted by molar-refractivity contribution is 7.91. The van der Waals surface area contributed by atoms with E-state index in [0.29, 0.717) is 24.7 Å². The number of hydrogen-bond donors (Lipinski definition) is 2. The zero-order valence-electron chi connectivity index (χ0n) is 13.1. The largest absolute Gasteiger partial charge is 0.370 e. The SMILES string of the molecule is O=S1(=O)CCC(Nc2nccc(NCCc3ccc(F)cc3)n2)C1. The zero-order valence-corrected chi connectivity index (χ0v) is 13.9. The molecular weight excluding hydrogens is 331 g/mol. The molecule has 1 unspecified atom stereocenters. The third-order valence-electron chi connectivity index (χ3n) is 3.85. The smallest absolute Gasteiger partial charge is 0.224 e. The third-order valence-corrected chi connectivity index (χ3v) is 5.62. The van der Waals surface area contributed by atoms with E-state index in [4.69, 9.17) is 0 Å². The number of aromatic nitrogens is 2. The fourth-order valence-corrected chi connectivity index (χ4v) is 4.28. The highest BCUT2D eigenvalue weighted by Gasteiger charge is 2.28. The first-order chi connectivity index (χ1) is 11.5. The highest BCUT2D eigenvalue weighted by atomic mass is 32.2. The van der Waals surface area contributed by atoms with Crippen molar-refractivity contribution in [1.82, 2.24) is 9.97 Å². The maximum Gasteiger partial charge on any atom is 0.224 e. The maximum atomic E-state index is 12.9. The van der Waals surface area contributed by atoms with E-state index in [1.54, 1.807) is 24.4 Å². The molecule has 0 spiro atoms. The molecule has 24 heavy (non-hydrogen) atoms. The van der Waals surface area contributed by atoms with Crippen molar-refractivity contribution in [3.63, 3.8) is 0 Å². The van der Waals surface area contributed by atoms with Crippen LogP contribution in [0.1, 0.15) is 12.0 Å². The van der Waals surface area contributed by atoms with Crippen LogP contribution in [0.2, 0.25) is 0 Å². The first kappa shape index (κ1) is 16.6. The van der Waals surface area contributed by atoms with E-state index in [2.05, 4.69) is 20.6 Å². The Kier molecular flexibility index (Phi) is 4.94. The van der Waals surface area contributed by atoms with Crippen molar-refractivity contribution in [2.24, 2.45) is 0 Å². The van der Waals surface area contributed by atoms with E-state index in [1.165, 1.54) is 12.1 Å². The van der Waals surface area contributed by atoms with Gasteiger partial charge >= 0.3 is 0 Å². The summed E-state index contributed by atoms with van der Waals surface area (Å²) in [6, 6.07) is 8.01. The molecule has 128 valence electrons. The molecule has 1 aromatic carbocycles. The van der Waals surface area contributed by atoms with Crippen LogP contribution in [0.4, 0.5) is 16.2 Å². The lowest BCUT2D eigenvalue weighted by Gasteiger charge is -2.12. The van der Waals surface area contributed by atoms with Gasteiger partial charge in [-0.1, -0.05) is 12.1 Å². The second-order valence-corrected chi connectivity index (χ2v) is 8.04. The number of sulfone groups is 1. The molecule has 0 aliphatic carbocycles. The number of halogens is 1. The van der Waals surface area contributed by atoms with Crippen LogP contribution in [0.5, 0.6) is 0 Å². The summed E-state index contributed by atoms with van der Waals surface area (Å²) in [6.45, 7) is 0.653. The van der Waals surface area contributed by atoms with E-state index >= 15 is 0 Å². The highest BCUT2D eigenvalue weighted by Crippen LogP contribution is 2.16. The minimum Gasteiger partial charge on any atom is -0.370 e. The summed E-state index contributed by atoms with van der Waals surface area (Å²) in [5.41, 5.74) is 1.03. The lowest BCUT2D eigenvalue weighted by Crippen LogP contribution is -2.22. The fourth-order valence-electron chi connectivity index (χ4n) is 2.60. The number of nitrogens with one attached hydrogen (secondary N) is 2. The Hall–Kier alpha value is -2.22. The van der Waals surface area contributed by atoms with Crippen molar-refractivity contribution in [2.75, 3.05) is 28.7 Å². The van der Waals surface area contributed by atoms with Crippen molar-refractivity contribution in [3.8, 4) is 0 Å². The first-order valence-corrected chi connectivity index (χ1v) is 9.61. The van der Waals surface area contributed by atoms with Gasteiger partial charge in [0.05, 0.1) is 11.5 Å². The molecule has 1 saturated heterocycles. The van der Waals surface area contributed by atoms with Crippen LogP contribution in [0, 0.1) is 5.82 Å². The first-order valence-electron chi connectivity index (χ1n) is 7.78. The molecule has 0 saturated carbocycles. The molecule has 3 rings (SSSR count). The molecule has 0 bridgehead atoms. The van der Waals surface area contributed by atoms with Crippen LogP contribution in [0.15, 0.2) is 36.5 Å². The Morgan fingerprint density at radius 3 is 2.71 bits per heavy atom. The van der Waals surface area contributed by atoms with Crippen LogP contribution in [0.25, 0.3) is 0 Å². The van der Waals surface area contributed by atoms with Crippen molar-refractivity contribution < 1.29 is 12.8 Å². The molecule has 1 fully saturated rings. The minimum absolute atomic E-state index is 0.124. The molecular formula is C16H19FN4O2S. The van der Waals surface area contributed by atoms with Gasteiger partial charge in [-0.25, -0.2) is 17.8 Å². The van der Waals surface area contributed by atoms with Crippen LogP contribution < -0.4 is 10.6 Å². The Morgan fingerprint density at radius 1 is 1.21 bits per heavy atom. The zero-order chi connectivity index (χ0) is 17.0. The lowest BCUT2D eigenvalue weighted by molar-refractivity contribution is 0.602. The molecule has 1 aliphatic heterocycles. The van der Waals surface area contributed by atoms with Gasteiger partial charge in [0.1, 0.15) is 11.6 Å². The van der Waals surface area contributed by atoms with Gasteiger partial charge in [-0.3, -0.25) is 0 Å². The summed E-state index contributed by atoms with van der Waals surface area (Å²) < 4.78 is 35.8. The van der Waals surface area contributed by atoms with Gasteiger partial charge in [0.15, 0.2) is 9.84 Å². The summed E-state index contributed by atoms with van der Waals surface area (Å²) in [5, 5.41) is 6.25. The standard InChI is InChI=1S/C16H19FN4O2S/c17-13-3-1-12(2-4-13)5-8-18-15-6-9-19-16(21-15)20-14-7-10-24(22,23)11-14/h1-4,6,9,14H,5,7-8,10-11H2,(H2,18,19,20,21). The lowest BCUT2D eigenvalue weighted by atomic mass is 10.1. The predicted molar refractivity (Wildman–Crippen MR) is 91.3 cm³/mol. The number of anilines is 2. The predicted octanol–water partition coefficient (Wildman–Crippen LogP) is 1.87. The molecule has 0 radical (unpaired) electrons. The quantitative estimate of drug-likeness (QED) is 0.827. The summed E-state index contributed by atoms with van der Waals surface area (Å²) >= 11 is 0. The minimum atomic E-state index is -2.93. The van der Waals surface area contributed by atoms with Gasteiger partial charge in [-0.2, -0.15) is 4.98 Å². The van der Waals surface area contributed by atoms with Crippen molar-refractivity contribution >= 4 is 21.6 Å². The number of nitrogens with zero attached hydrogens (tertiary/aromatic N) is 2. The monoisotopic (exact) mass is 350 g/mol. The van der Waals surface area contributed by atoms with Gasteiger partial charge in [0, 0.05) is 18.8 Å². The number of benzene rings is 1. The van der Waals surface area contributed by atoms with E-state index < -0.39 is 9.84 Å². The summed E-state index contributed by atoms with van der Waals surface area (Å²) in [6.07, 6.45) is 2.95. The molecule has 6 nitrogen and oxygen atoms in total. The summed E-state index contributed by atoms with van der Waals surface area (Å²) in [7, 11) is -2.93.